The van der Waals surface area contributed by atoms with E-state index in [-0.39, 0.29) is 25.3 Å². The lowest BCUT2D eigenvalue weighted by atomic mass is 10.0. The van der Waals surface area contributed by atoms with Crippen LogP contribution in [0, 0.1) is 0 Å². The Labute approximate surface area is 207 Å². The molecule has 11 heteroatoms. The molecule has 6 rings (SSSR count). The van der Waals surface area contributed by atoms with E-state index in [0.29, 0.717) is 27.4 Å². The van der Waals surface area contributed by atoms with Crippen molar-refractivity contribution >= 4 is 22.8 Å². The third kappa shape index (κ3) is 4.20. The Kier molecular flexibility index (Phi) is 5.64. The minimum atomic E-state index is -4.37. The Balaban J connectivity index is 1.22. The summed E-state index contributed by atoms with van der Waals surface area (Å²) in [5, 5.41) is 10.3. The summed E-state index contributed by atoms with van der Waals surface area (Å²) < 4.78 is 55.6. The van der Waals surface area contributed by atoms with Crippen LogP contribution in [0.15, 0.2) is 54.6 Å². The van der Waals surface area contributed by atoms with Crippen LogP contribution >= 0.6 is 11.6 Å². The standard InChI is InChI=1S/C25H19ClF3N3O4/c26-16-9-17-23(32-24(30-17)36-19-11-35-21-18(33)10-34-22(19)21)31-20(16)14-3-1-12(2-4-14)13-5-7-15(8-6-13)25(27,28)29/h1-9,18-19,21-22,33H,10-11H2,(H,30,31,32)/t18-,19-,21-,22-/m1/s1. The van der Waals surface area contributed by atoms with E-state index in [4.69, 9.17) is 25.8 Å². The lowest BCUT2D eigenvalue weighted by Crippen LogP contribution is -2.34. The highest BCUT2D eigenvalue weighted by molar-refractivity contribution is 6.33. The van der Waals surface area contributed by atoms with E-state index >= 15 is 0 Å². The number of nitrogens with zero attached hydrogens (tertiary/aromatic N) is 2. The van der Waals surface area contributed by atoms with Crippen LogP contribution in [-0.2, 0) is 15.7 Å². The monoisotopic (exact) mass is 517 g/mol. The predicted molar refractivity (Wildman–Crippen MR) is 125 cm³/mol. The molecular weight excluding hydrogens is 499 g/mol. The van der Waals surface area contributed by atoms with Crippen molar-refractivity contribution in [1.82, 2.24) is 15.0 Å². The number of rotatable bonds is 4. The number of hydrogen-bond donors (Lipinski definition) is 2. The van der Waals surface area contributed by atoms with E-state index in [0.717, 1.165) is 23.3 Å². The number of pyridine rings is 1. The second-order valence-corrected chi connectivity index (χ2v) is 9.11. The number of aromatic amines is 1. The number of hydrogen-bond acceptors (Lipinski definition) is 6. The van der Waals surface area contributed by atoms with Crippen LogP contribution in [0.5, 0.6) is 6.01 Å². The fourth-order valence-electron chi connectivity index (χ4n) is 4.51. The number of halogens is 4. The van der Waals surface area contributed by atoms with Gasteiger partial charge in [0.05, 0.1) is 35.0 Å². The molecular formula is C25H19ClF3N3O4. The molecule has 2 saturated heterocycles. The van der Waals surface area contributed by atoms with Crippen LogP contribution in [0.3, 0.4) is 0 Å². The summed E-state index contributed by atoms with van der Waals surface area (Å²) in [4.78, 5) is 12.0. The van der Waals surface area contributed by atoms with Gasteiger partial charge in [-0.2, -0.15) is 18.2 Å². The third-order valence-corrected chi connectivity index (χ3v) is 6.64. The molecule has 2 aromatic carbocycles. The summed E-state index contributed by atoms with van der Waals surface area (Å²) in [5.74, 6) is 0. The molecule has 2 fully saturated rings. The van der Waals surface area contributed by atoms with Gasteiger partial charge < -0.3 is 24.3 Å². The first-order valence-electron chi connectivity index (χ1n) is 11.2. The quantitative estimate of drug-likeness (QED) is 0.401. The number of benzene rings is 2. The maximum atomic E-state index is 12.8. The third-order valence-electron chi connectivity index (χ3n) is 6.35. The number of aromatic nitrogens is 3. The molecule has 2 N–H and O–H groups in total. The first-order chi connectivity index (χ1) is 17.3. The molecule has 4 aromatic rings. The Morgan fingerprint density at radius 2 is 1.56 bits per heavy atom. The van der Waals surface area contributed by atoms with E-state index in [1.807, 2.05) is 0 Å². The van der Waals surface area contributed by atoms with Crippen LogP contribution in [-0.4, -0.2) is 57.7 Å². The zero-order valence-electron chi connectivity index (χ0n) is 18.5. The van der Waals surface area contributed by atoms with Crippen LogP contribution in [0.25, 0.3) is 33.5 Å². The van der Waals surface area contributed by atoms with Crippen LogP contribution in [0.2, 0.25) is 5.02 Å². The molecule has 4 heterocycles. The zero-order valence-corrected chi connectivity index (χ0v) is 19.3. The molecule has 2 aromatic heterocycles. The van der Waals surface area contributed by atoms with E-state index in [2.05, 4.69) is 15.0 Å². The molecule has 0 unspecified atom stereocenters. The molecule has 4 atom stereocenters. The summed E-state index contributed by atoms with van der Waals surface area (Å²) >= 11 is 6.50. The van der Waals surface area contributed by atoms with Crippen molar-refractivity contribution < 1.29 is 32.5 Å². The van der Waals surface area contributed by atoms with Crippen LogP contribution in [0.4, 0.5) is 13.2 Å². The van der Waals surface area contributed by atoms with E-state index in [1.165, 1.54) is 12.1 Å². The van der Waals surface area contributed by atoms with Crippen molar-refractivity contribution in [3.63, 3.8) is 0 Å². The highest BCUT2D eigenvalue weighted by Gasteiger charge is 2.48. The van der Waals surface area contributed by atoms with Crippen molar-refractivity contribution in [3.05, 3.63) is 65.2 Å². The van der Waals surface area contributed by atoms with Gasteiger partial charge in [0.1, 0.15) is 18.3 Å². The fourth-order valence-corrected chi connectivity index (χ4v) is 4.78. The summed E-state index contributed by atoms with van der Waals surface area (Å²) in [7, 11) is 0. The SMILES string of the molecule is O[C@@H]1CO[C@H]2[C@@H]1OC[C@H]2Oc1nc2nc(-c3ccc(-c4ccc(C(F)(F)F)cc4)cc3)c(Cl)cc2[nH]1. The predicted octanol–water partition coefficient (Wildman–Crippen LogP) is 4.87. The highest BCUT2D eigenvalue weighted by Crippen LogP contribution is 2.34. The maximum Gasteiger partial charge on any atom is 0.416 e. The number of H-pyrrole nitrogens is 1. The largest absolute Gasteiger partial charge is 0.456 e. The van der Waals surface area contributed by atoms with Gasteiger partial charge in [0.25, 0.3) is 6.01 Å². The summed E-state index contributed by atoms with van der Waals surface area (Å²) in [5.41, 5.74) is 2.95. The summed E-state index contributed by atoms with van der Waals surface area (Å²) in [6, 6.07) is 14.1. The molecule has 2 aliphatic rings. The molecule has 0 aliphatic carbocycles. The van der Waals surface area contributed by atoms with Crippen LogP contribution < -0.4 is 4.74 Å². The van der Waals surface area contributed by atoms with Gasteiger partial charge in [-0.15, -0.1) is 0 Å². The molecule has 7 nitrogen and oxygen atoms in total. The van der Waals surface area contributed by atoms with Crippen molar-refractivity contribution in [2.24, 2.45) is 0 Å². The number of aliphatic hydroxyl groups is 1. The average molecular weight is 518 g/mol. The first kappa shape index (κ1) is 23.2. The number of fused-ring (bicyclic) bond motifs is 2. The number of ether oxygens (including phenoxy) is 3. The minimum absolute atomic E-state index is 0.202. The normalized spacial score (nSPS) is 23.8. The van der Waals surface area contributed by atoms with Crippen molar-refractivity contribution in [3.8, 4) is 28.4 Å². The Bertz CT molecular complexity index is 1410. The van der Waals surface area contributed by atoms with Gasteiger partial charge in [-0.1, -0.05) is 48.0 Å². The van der Waals surface area contributed by atoms with Gasteiger partial charge >= 0.3 is 6.18 Å². The van der Waals surface area contributed by atoms with Gasteiger partial charge in [0.15, 0.2) is 11.8 Å². The lowest BCUT2D eigenvalue weighted by Gasteiger charge is -2.15. The topological polar surface area (TPSA) is 89.5 Å². The zero-order chi connectivity index (χ0) is 25.0. The summed E-state index contributed by atoms with van der Waals surface area (Å²) in [6.45, 7) is 0.474. The second-order valence-electron chi connectivity index (χ2n) is 8.70. The highest BCUT2D eigenvalue weighted by atomic mass is 35.5. The van der Waals surface area contributed by atoms with E-state index in [1.54, 1.807) is 30.3 Å². The molecule has 0 amide bonds. The van der Waals surface area contributed by atoms with Crippen molar-refractivity contribution in [1.29, 1.82) is 0 Å². The van der Waals surface area contributed by atoms with Gasteiger partial charge in [-0.25, -0.2) is 4.98 Å². The smallest absolute Gasteiger partial charge is 0.416 e. The number of aliphatic hydroxyl groups excluding tert-OH is 1. The molecule has 2 aliphatic heterocycles. The number of imidazole rings is 1. The minimum Gasteiger partial charge on any atom is -0.456 e. The van der Waals surface area contributed by atoms with E-state index < -0.39 is 30.1 Å². The van der Waals surface area contributed by atoms with Gasteiger partial charge in [0, 0.05) is 5.56 Å². The van der Waals surface area contributed by atoms with Gasteiger partial charge in [-0.3, -0.25) is 0 Å². The van der Waals surface area contributed by atoms with Gasteiger partial charge in [-0.05, 0) is 29.3 Å². The average Bonchev–Trinajstić information content (AvgIpc) is 3.55. The Morgan fingerprint density at radius 1 is 0.917 bits per heavy atom. The molecule has 0 saturated carbocycles. The fraction of sp³-hybridized carbons (Fsp3) is 0.280. The van der Waals surface area contributed by atoms with Crippen molar-refractivity contribution in [2.45, 2.75) is 30.6 Å². The summed E-state index contributed by atoms with van der Waals surface area (Å²) in [6.07, 6.45) is -6.25. The molecule has 0 radical (unpaired) electrons. The number of alkyl halides is 3. The van der Waals surface area contributed by atoms with Crippen molar-refractivity contribution in [2.75, 3.05) is 13.2 Å². The maximum absolute atomic E-state index is 12.8. The number of nitrogens with one attached hydrogen (secondary N) is 1. The molecule has 36 heavy (non-hydrogen) atoms. The van der Waals surface area contributed by atoms with E-state index in [9.17, 15) is 18.3 Å². The molecule has 186 valence electrons. The molecule has 0 bridgehead atoms. The second kappa shape index (κ2) is 8.74. The molecule has 0 spiro atoms. The first-order valence-corrected chi connectivity index (χ1v) is 11.6. The Hall–Kier alpha value is -3.18. The Morgan fingerprint density at radius 3 is 2.25 bits per heavy atom. The van der Waals surface area contributed by atoms with Crippen LogP contribution in [0.1, 0.15) is 5.56 Å². The van der Waals surface area contributed by atoms with Gasteiger partial charge in [0.2, 0.25) is 0 Å². The lowest BCUT2D eigenvalue weighted by molar-refractivity contribution is -0.137.